The second-order valence-electron chi connectivity index (χ2n) is 4.89. The van der Waals surface area contributed by atoms with Crippen molar-refractivity contribution in [3.63, 3.8) is 0 Å². The highest BCUT2D eigenvalue weighted by atomic mass is 16.3. The van der Waals surface area contributed by atoms with Gasteiger partial charge in [-0.3, -0.25) is 0 Å². The summed E-state index contributed by atoms with van der Waals surface area (Å²) in [5, 5.41) is 21.7. The molecule has 0 amide bonds. The second kappa shape index (κ2) is 8.11. The Hall–Kier alpha value is -1.06. The van der Waals surface area contributed by atoms with E-state index in [0.29, 0.717) is 12.4 Å². The van der Waals surface area contributed by atoms with Crippen LogP contribution in [0.5, 0.6) is 5.75 Å². The molecular formula is C15H25NO2. The van der Waals surface area contributed by atoms with Crippen molar-refractivity contribution in [2.24, 2.45) is 0 Å². The standard InChI is InChI=1S/C15H25NO2/c1-12-9-14(10-13(2)15(12)18)11-16-7-5-3-4-6-8-17/h9-10,16-18H,3-8,11H2,1-2H3. The molecule has 18 heavy (non-hydrogen) atoms. The summed E-state index contributed by atoms with van der Waals surface area (Å²) in [6, 6.07) is 4.06. The number of aryl methyl sites for hydroxylation is 2. The first-order chi connectivity index (χ1) is 8.65. The molecule has 1 aromatic carbocycles. The van der Waals surface area contributed by atoms with Crippen molar-refractivity contribution in [1.29, 1.82) is 0 Å². The molecule has 0 aromatic heterocycles. The first-order valence-electron chi connectivity index (χ1n) is 6.76. The quantitative estimate of drug-likeness (QED) is 0.623. The Labute approximate surface area is 110 Å². The van der Waals surface area contributed by atoms with E-state index in [0.717, 1.165) is 43.5 Å². The molecule has 102 valence electrons. The summed E-state index contributed by atoms with van der Waals surface area (Å²) in [5.74, 6) is 0.405. The number of nitrogens with one attached hydrogen (secondary N) is 1. The number of aliphatic hydroxyl groups excluding tert-OH is 1. The molecule has 0 radical (unpaired) electrons. The molecule has 1 aromatic rings. The summed E-state index contributed by atoms with van der Waals surface area (Å²) >= 11 is 0. The van der Waals surface area contributed by atoms with E-state index in [-0.39, 0.29) is 0 Å². The fourth-order valence-electron chi connectivity index (χ4n) is 2.10. The van der Waals surface area contributed by atoms with Crippen LogP contribution in [0.1, 0.15) is 42.4 Å². The van der Waals surface area contributed by atoms with Crippen LogP contribution in [0, 0.1) is 13.8 Å². The minimum absolute atomic E-state index is 0.305. The van der Waals surface area contributed by atoms with Gasteiger partial charge in [-0.2, -0.15) is 0 Å². The summed E-state index contributed by atoms with van der Waals surface area (Å²) < 4.78 is 0. The van der Waals surface area contributed by atoms with Gasteiger partial charge in [-0.15, -0.1) is 0 Å². The van der Waals surface area contributed by atoms with Crippen LogP contribution in [0.15, 0.2) is 12.1 Å². The molecule has 0 fully saturated rings. The zero-order valence-corrected chi connectivity index (χ0v) is 11.5. The first-order valence-corrected chi connectivity index (χ1v) is 6.76. The second-order valence-corrected chi connectivity index (χ2v) is 4.89. The van der Waals surface area contributed by atoms with Gasteiger partial charge < -0.3 is 15.5 Å². The van der Waals surface area contributed by atoms with E-state index in [4.69, 9.17) is 5.11 Å². The maximum Gasteiger partial charge on any atom is 0.121 e. The minimum atomic E-state index is 0.305. The maximum absolute atomic E-state index is 9.68. The van der Waals surface area contributed by atoms with Crippen LogP contribution in [-0.4, -0.2) is 23.4 Å². The van der Waals surface area contributed by atoms with Gasteiger partial charge in [0, 0.05) is 13.2 Å². The zero-order chi connectivity index (χ0) is 13.4. The topological polar surface area (TPSA) is 52.5 Å². The molecule has 0 aliphatic carbocycles. The number of benzene rings is 1. The minimum Gasteiger partial charge on any atom is -0.507 e. The number of hydrogen-bond donors (Lipinski definition) is 3. The lowest BCUT2D eigenvalue weighted by Crippen LogP contribution is -2.14. The summed E-state index contributed by atoms with van der Waals surface area (Å²) in [6.45, 7) is 6.02. The molecule has 0 atom stereocenters. The molecule has 0 saturated heterocycles. The summed E-state index contributed by atoms with van der Waals surface area (Å²) in [6.07, 6.45) is 4.34. The van der Waals surface area contributed by atoms with Gasteiger partial charge in [-0.1, -0.05) is 25.0 Å². The monoisotopic (exact) mass is 251 g/mol. The van der Waals surface area contributed by atoms with E-state index in [1.54, 1.807) is 0 Å². The third kappa shape index (κ3) is 5.07. The Morgan fingerprint density at radius 2 is 1.61 bits per heavy atom. The highest BCUT2D eigenvalue weighted by Gasteiger charge is 2.02. The Kier molecular flexibility index (Phi) is 6.76. The number of phenols is 1. The number of rotatable bonds is 8. The average molecular weight is 251 g/mol. The molecule has 1 rings (SSSR count). The van der Waals surface area contributed by atoms with E-state index < -0.39 is 0 Å². The zero-order valence-electron chi connectivity index (χ0n) is 11.5. The van der Waals surface area contributed by atoms with Gasteiger partial charge in [0.2, 0.25) is 0 Å². The Bertz CT molecular complexity index is 341. The van der Waals surface area contributed by atoms with Crippen LogP contribution >= 0.6 is 0 Å². The lowest BCUT2D eigenvalue weighted by Gasteiger charge is -2.09. The van der Waals surface area contributed by atoms with Crippen LogP contribution in [0.4, 0.5) is 0 Å². The molecule has 0 unspecified atom stereocenters. The van der Waals surface area contributed by atoms with Crippen LogP contribution in [-0.2, 0) is 6.54 Å². The summed E-state index contributed by atoms with van der Waals surface area (Å²) in [5.41, 5.74) is 3.10. The van der Waals surface area contributed by atoms with Gasteiger partial charge in [-0.25, -0.2) is 0 Å². The molecule has 3 heteroatoms. The summed E-state index contributed by atoms with van der Waals surface area (Å²) in [4.78, 5) is 0. The van der Waals surface area contributed by atoms with Crippen molar-refractivity contribution >= 4 is 0 Å². The molecule has 0 saturated carbocycles. The van der Waals surface area contributed by atoms with Crippen LogP contribution in [0.25, 0.3) is 0 Å². The highest BCUT2D eigenvalue weighted by Crippen LogP contribution is 2.22. The van der Waals surface area contributed by atoms with Crippen LogP contribution in [0.3, 0.4) is 0 Å². The Morgan fingerprint density at radius 1 is 1.00 bits per heavy atom. The van der Waals surface area contributed by atoms with Crippen molar-refractivity contribution in [2.45, 2.75) is 46.1 Å². The molecule has 3 nitrogen and oxygen atoms in total. The number of aromatic hydroxyl groups is 1. The van der Waals surface area contributed by atoms with Gasteiger partial charge in [0.15, 0.2) is 0 Å². The number of phenolic OH excluding ortho intramolecular Hbond substituents is 1. The third-order valence-electron chi connectivity index (χ3n) is 3.14. The molecule has 0 heterocycles. The predicted octanol–water partition coefficient (Wildman–Crippen LogP) is 2.65. The first kappa shape index (κ1) is 15.0. The van der Waals surface area contributed by atoms with Gasteiger partial charge in [0.25, 0.3) is 0 Å². The smallest absolute Gasteiger partial charge is 0.121 e. The largest absolute Gasteiger partial charge is 0.507 e. The number of unbranched alkanes of at least 4 members (excludes halogenated alkanes) is 3. The maximum atomic E-state index is 9.68. The lowest BCUT2D eigenvalue weighted by molar-refractivity contribution is 0.282. The van der Waals surface area contributed by atoms with E-state index in [1.165, 1.54) is 12.0 Å². The Morgan fingerprint density at radius 3 is 2.22 bits per heavy atom. The van der Waals surface area contributed by atoms with Crippen molar-refractivity contribution < 1.29 is 10.2 Å². The fourth-order valence-corrected chi connectivity index (χ4v) is 2.10. The van der Waals surface area contributed by atoms with Gasteiger partial charge in [0.1, 0.15) is 5.75 Å². The van der Waals surface area contributed by atoms with Crippen LogP contribution in [0.2, 0.25) is 0 Å². The molecule has 0 bridgehead atoms. The summed E-state index contributed by atoms with van der Waals surface area (Å²) in [7, 11) is 0. The van der Waals surface area contributed by atoms with Crippen molar-refractivity contribution in [3.05, 3.63) is 28.8 Å². The highest BCUT2D eigenvalue weighted by molar-refractivity contribution is 5.42. The van der Waals surface area contributed by atoms with Gasteiger partial charge >= 0.3 is 0 Å². The predicted molar refractivity (Wildman–Crippen MR) is 74.8 cm³/mol. The normalized spacial score (nSPS) is 10.8. The average Bonchev–Trinajstić information content (AvgIpc) is 2.34. The molecule has 0 aliphatic heterocycles. The molecule has 3 N–H and O–H groups in total. The number of hydrogen-bond acceptors (Lipinski definition) is 3. The molecule has 0 spiro atoms. The van der Waals surface area contributed by atoms with E-state index in [9.17, 15) is 5.11 Å². The van der Waals surface area contributed by atoms with Gasteiger partial charge in [0.05, 0.1) is 0 Å². The third-order valence-corrected chi connectivity index (χ3v) is 3.14. The van der Waals surface area contributed by atoms with Crippen molar-refractivity contribution in [3.8, 4) is 5.75 Å². The molecule has 0 aliphatic rings. The van der Waals surface area contributed by atoms with Gasteiger partial charge in [-0.05, 0) is 49.9 Å². The van der Waals surface area contributed by atoms with E-state index >= 15 is 0 Å². The van der Waals surface area contributed by atoms with Crippen LogP contribution < -0.4 is 5.32 Å². The molecular weight excluding hydrogens is 226 g/mol. The van der Waals surface area contributed by atoms with E-state index in [1.807, 2.05) is 26.0 Å². The SMILES string of the molecule is Cc1cc(CNCCCCCCO)cc(C)c1O. The number of aliphatic hydroxyl groups is 1. The fraction of sp³-hybridized carbons (Fsp3) is 0.600. The van der Waals surface area contributed by atoms with Crippen molar-refractivity contribution in [2.75, 3.05) is 13.2 Å². The lowest BCUT2D eigenvalue weighted by atomic mass is 10.1. The Balaban J connectivity index is 2.23. The van der Waals surface area contributed by atoms with Crippen molar-refractivity contribution in [1.82, 2.24) is 5.32 Å². The van der Waals surface area contributed by atoms with E-state index in [2.05, 4.69) is 5.32 Å².